The Hall–Kier alpha value is -1.40. The van der Waals surface area contributed by atoms with Gasteiger partial charge in [0.05, 0.1) is 5.92 Å². The number of thiophene rings is 1. The molecule has 0 aliphatic carbocycles. The summed E-state index contributed by atoms with van der Waals surface area (Å²) in [5.41, 5.74) is 5.52. The van der Waals surface area contributed by atoms with Crippen LogP contribution in [0.3, 0.4) is 0 Å². The first-order valence-electron chi connectivity index (χ1n) is 5.86. The third-order valence-electron chi connectivity index (χ3n) is 2.65. The van der Waals surface area contributed by atoms with E-state index in [0.717, 1.165) is 6.42 Å². The Morgan fingerprint density at radius 1 is 1.56 bits per heavy atom. The molecule has 1 amide bonds. The van der Waals surface area contributed by atoms with Crippen molar-refractivity contribution in [1.29, 1.82) is 0 Å². The second kappa shape index (κ2) is 7.13. The van der Waals surface area contributed by atoms with Gasteiger partial charge in [0, 0.05) is 11.4 Å². The normalized spacial score (nSPS) is 13.9. The van der Waals surface area contributed by atoms with E-state index in [0.29, 0.717) is 11.3 Å². The predicted molar refractivity (Wildman–Crippen MR) is 70.3 cm³/mol. The van der Waals surface area contributed by atoms with Crippen molar-refractivity contribution in [2.75, 3.05) is 6.54 Å². The second-order valence-corrected chi connectivity index (χ2v) is 5.00. The number of amides is 1. The number of carboxylic acids is 1. The summed E-state index contributed by atoms with van der Waals surface area (Å²) < 4.78 is 0. The van der Waals surface area contributed by atoms with Gasteiger partial charge in [0.1, 0.15) is 0 Å². The molecule has 0 bridgehead atoms. The summed E-state index contributed by atoms with van der Waals surface area (Å²) in [6, 6.07) is 2.47. The monoisotopic (exact) mass is 270 g/mol. The summed E-state index contributed by atoms with van der Waals surface area (Å²) in [6.45, 7) is 2.19. The lowest BCUT2D eigenvalue weighted by atomic mass is 10.0. The highest BCUT2D eigenvalue weighted by atomic mass is 32.1. The van der Waals surface area contributed by atoms with E-state index >= 15 is 0 Å². The minimum atomic E-state index is -1.06. The van der Waals surface area contributed by atoms with E-state index in [-0.39, 0.29) is 18.4 Å². The molecule has 0 saturated heterocycles. The number of nitrogens with two attached hydrogens (primary N) is 1. The average Bonchev–Trinajstić information content (AvgIpc) is 2.85. The van der Waals surface area contributed by atoms with Gasteiger partial charge in [0.15, 0.2) is 6.04 Å². The van der Waals surface area contributed by atoms with Crippen molar-refractivity contribution >= 4 is 23.2 Å². The van der Waals surface area contributed by atoms with Crippen molar-refractivity contribution in [3.8, 4) is 0 Å². The average molecular weight is 270 g/mol. The molecule has 1 heterocycles. The fourth-order valence-electron chi connectivity index (χ4n) is 1.67. The number of carbonyl (C=O) groups excluding carboxylic acids is 1. The zero-order valence-corrected chi connectivity index (χ0v) is 11.1. The Labute approximate surface area is 110 Å². The molecule has 0 aliphatic rings. The Morgan fingerprint density at radius 2 is 2.28 bits per heavy atom. The first kappa shape index (κ1) is 14.7. The van der Waals surface area contributed by atoms with Gasteiger partial charge in [0.2, 0.25) is 5.91 Å². The first-order valence-corrected chi connectivity index (χ1v) is 6.74. The van der Waals surface area contributed by atoms with E-state index in [1.807, 2.05) is 6.92 Å². The van der Waals surface area contributed by atoms with E-state index in [1.165, 1.54) is 11.3 Å². The lowest BCUT2D eigenvalue weighted by molar-refractivity contribution is -0.142. The molecule has 4 N–H and O–H groups in total. The zero-order valence-electron chi connectivity index (χ0n) is 10.3. The maximum Gasteiger partial charge on any atom is 0.331 e. The molecule has 2 unspecified atom stereocenters. The van der Waals surface area contributed by atoms with Gasteiger partial charge >= 0.3 is 5.97 Å². The fourth-order valence-corrected chi connectivity index (χ4v) is 2.44. The zero-order chi connectivity index (χ0) is 13.5. The summed E-state index contributed by atoms with van der Waals surface area (Å²) in [5, 5.41) is 13.5. The van der Waals surface area contributed by atoms with Crippen molar-refractivity contribution in [2.45, 2.75) is 25.8 Å². The topological polar surface area (TPSA) is 92.4 Å². The molecule has 1 aromatic rings. The van der Waals surface area contributed by atoms with Gasteiger partial charge in [-0.1, -0.05) is 19.4 Å². The molecule has 0 aromatic carbocycles. The van der Waals surface area contributed by atoms with Crippen LogP contribution in [0.25, 0.3) is 0 Å². The SMILES string of the molecule is CCCC(CN)C(=O)NC(C(=O)O)c1cccs1. The number of aliphatic carboxylic acids is 1. The van der Waals surface area contributed by atoms with Crippen molar-refractivity contribution in [3.63, 3.8) is 0 Å². The van der Waals surface area contributed by atoms with E-state index in [4.69, 9.17) is 10.8 Å². The number of carboxylic acid groups (broad SMARTS) is 1. The van der Waals surface area contributed by atoms with Crippen LogP contribution >= 0.6 is 11.3 Å². The van der Waals surface area contributed by atoms with Gasteiger partial charge in [-0.3, -0.25) is 4.79 Å². The van der Waals surface area contributed by atoms with Crippen LogP contribution < -0.4 is 11.1 Å². The van der Waals surface area contributed by atoms with Crippen molar-refractivity contribution in [1.82, 2.24) is 5.32 Å². The minimum Gasteiger partial charge on any atom is -0.479 e. The van der Waals surface area contributed by atoms with Crippen LogP contribution in [0.4, 0.5) is 0 Å². The maximum absolute atomic E-state index is 11.9. The fraction of sp³-hybridized carbons (Fsp3) is 0.500. The number of hydrogen-bond donors (Lipinski definition) is 3. The Kier molecular flexibility index (Phi) is 5.80. The Balaban J connectivity index is 2.72. The molecule has 0 aliphatic heterocycles. The highest BCUT2D eigenvalue weighted by Gasteiger charge is 2.26. The molecule has 0 fully saturated rings. The van der Waals surface area contributed by atoms with E-state index in [2.05, 4.69) is 5.32 Å². The molecule has 100 valence electrons. The van der Waals surface area contributed by atoms with Crippen LogP contribution in [-0.4, -0.2) is 23.5 Å². The van der Waals surface area contributed by atoms with E-state index in [1.54, 1.807) is 17.5 Å². The molecule has 1 aromatic heterocycles. The van der Waals surface area contributed by atoms with Crippen LogP contribution in [0, 0.1) is 5.92 Å². The Morgan fingerprint density at radius 3 is 2.72 bits per heavy atom. The summed E-state index contributed by atoms with van der Waals surface area (Å²) in [6.07, 6.45) is 1.51. The lowest BCUT2D eigenvalue weighted by Gasteiger charge is -2.18. The molecule has 2 atom stereocenters. The molecule has 5 nitrogen and oxygen atoms in total. The number of hydrogen-bond acceptors (Lipinski definition) is 4. The largest absolute Gasteiger partial charge is 0.479 e. The number of rotatable bonds is 7. The van der Waals surface area contributed by atoms with Gasteiger partial charge in [-0.25, -0.2) is 4.79 Å². The van der Waals surface area contributed by atoms with Gasteiger partial charge in [-0.2, -0.15) is 0 Å². The highest BCUT2D eigenvalue weighted by molar-refractivity contribution is 7.10. The van der Waals surface area contributed by atoms with Crippen molar-refractivity contribution in [3.05, 3.63) is 22.4 Å². The quantitative estimate of drug-likeness (QED) is 0.697. The van der Waals surface area contributed by atoms with Gasteiger partial charge in [0.25, 0.3) is 0 Å². The third-order valence-corrected chi connectivity index (χ3v) is 3.59. The molecule has 1 rings (SSSR count). The molecular formula is C12H18N2O3S. The van der Waals surface area contributed by atoms with Crippen LogP contribution in [0.1, 0.15) is 30.7 Å². The Bertz CT molecular complexity index is 392. The van der Waals surface area contributed by atoms with Crippen LogP contribution in [0.15, 0.2) is 17.5 Å². The van der Waals surface area contributed by atoms with Gasteiger partial charge in [-0.15, -0.1) is 11.3 Å². The van der Waals surface area contributed by atoms with Crippen molar-refractivity contribution < 1.29 is 14.7 Å². The molecule has 0 saturated carbocycles. The van der Waals surface area contributed by atoms with E-state index in [9.17, 15) is 9.59 Å². The van der Waals surface area contributed by atoms with Crippen LogP contribution in [0.2, 0.25) is 0 Å². The van der Waals surface area contributed by atoms with Crippen molar-refractivity contribution in [2.24, 2.45) is 11.7 Å². The third kappa shape index (κ3) is 3.82. The maximum atomic E-state index is 11.9. The molecule has 6 heteroatoms. The summed E-state index contributed by atoms with van der Waals surface area (Å²) >= 11 is 1.31. The highest BCUT2D eigenvalue weighted by Crippen LogP contribution is 2.20. The number of nitrogens with one attached hydrogen (secondary N) is 1. The number of carbonyl (C=O) groups is 2. The molecular weight excluding hydrogens is 252 g/mol. The van der Waals surface area contributed by atoms with Crippen LogP contribution in [-0.2, 0) is 9.59 Å². The second-order valence-electron chi connectivity index (χ2n) is 4.02. The summed E-state index contributed by atoms with van der Waals surface area (Å²) in [4.78, 5) is 23.7. The minimum absolute atomic E-state index is 0.233. The smallest absolute Gasteiger partial charge is 0.331 e. The first-order chi connectivity index (χ1) is 8.60. The van der Waals surface area contributed by atoms with Gasteiger partial charge < -0.3 is 16.2 Å². The molecule has 18 heavy (non-hydrogen) atoms. The summed E-state index contributed by atoms with van der Waals surface area (Å²) in [7, 11) is 0. The van der Waals surface area contributed by atoms with Gasteiger partial charge in [-0.05, 0) is 17.9 Å². The molecule has 0 spiro atoms. The molecule has 0 radical (unpaired) electrons. The summed E-state index contributed by atoms with van der Waals surface area (Å²) in [5.74, 6) is -1.67. The lowest BCUT2D eigenvalue weighted by Crippen LogP contribution is -2.39. The van der Waals surface area contributed by atoms with Crippen LogP contribution in [0.5, 0.6) is 0 Å². The predicted octanol–water partition coefficient (Wildman–Crippen LogP) is 1.37. The standard InChI is InChI=1S/C12H18N2O3S/c1-2-4-8(7-13)11(15)14-10(12(16)17)9-5-3-6-18-9/h3,5-6,8,10H,2,4,7,13H2,1H3,(H,14,15)(H,16,17). The van der Waals surface area contributed by atoms with E-state index < -0.39 is 12.0 Å².